The van der Waals surface area contributed by atoms with Crippen LogP contribution >= 0.6 is 0 Å². The van der Waals surface area contributed by atoms with Crippen LogP contribution in [0.1, 0.15) is 0 Å². The van der Waals surface area contributed by atoms with E-state index < -0.39 is 0 Å². The third kappa shape index (κ3) is 1.25. The molecule has 0 saturated carbocycles. The van der Waals surface area contributed by atoms with E-state index in [4.69, 9.17) is 0 Å². The largest absolute Gasteiger partial charge is 0.281 e. The van der Waals surface area contributed by atoms with Crippen molar-refractivity contribution in [2.75, 3.05) is 0 Å². The smallest absolute Gasteiger partial charge is 0.188 e. The number of nitrogens with zero attached hydrogens (tertiary/aromatic N) is 5. The third-order valence-corrected chi connectivity index (χ3v) is 2.11. The average Bonchev–Trinajstić information content (AvgIpc) is 2.74. The lowest BCUT2D eigenvalue weighted by Crippen LogP contribution is -1.91. The van der Waals surface area contributed by atoms with Gasteiger partial charge in [-0.3, -0.25) is 9.38 Å². The van der Waals surface area contributed by atoms with Gasteiger partial charge in [0.15, 0.2) is 11.5 Å². The highest BCUT2D eigenvalue weighted by Crippen LogP contribution is 2.13. The van der Waals surface area contributed by atoms with Crippen LogP contribution in [0.5, 0.6) is 0 Å². The number of hydrogen-bond donors (Lipinski definition) is 0. The first kappa shape index (κ1) is 8.05. The molecule has 0 amide bonds. The van der Waals surface area contributed by atoms with E-state index in [1.807, 2.05) is 28.8 Å². The maximum atomic E-state index is 4.19. The zero-order valence-corrected chi connectivity index (χ0v) is 7.78. The second-order valence-corrected chi connectivity index (χ2v) is 3.04. The Bertz CT molecular complexity index is 587. The van der Waals surface area contributed by atoms with Gasteiger partial charge in [0.25, 0.3) is 0 Å². The maximum absolute atomic E-state index is 4.19. The first-order valence-corrected chi connectivity index (χ1v) is 4.51. The van der Waals surface area contributed by atoms with Crippen molar-refractivity contribution in [2.24, 2.45) is 0 Å². The van der Waals surface area contributed by atoms with Gasteiger partial charge in [-0.15, -0.1) is 10.2 Å². The lowest BCUT2D eigenvalue weighted by molar-refractivity contribution is 1.07. The van der Waals surface area contributed by atoms with E-state index in [2.05, 4.69) is 20.2 Å². The first-order valence-electron chi connectivity index (χ1n) is 4.51. The fraction of sp³-hybridized carbons (Fsp3) is 0. The van der Waals surface area contributed by atoms with Crippen molar-refractivity contribution in [3.63, 3.8) is 0 Å². The van der Waals surface area contributed by atoms with Crippen molar-refractivity contribution in [2.45, 2.75) is 0 Å². The highest BCUT2D eigenvalue weighted by Gasteiger charge is 2.07. The molecule has 0 radical (unpaired) electrons. The Labute approximate surface area is 85.5 Å². The molecule has 15 heavy (non-hydrogen) atoms. The SMILES string of the molecule is c1ccn2c(-c3cnccn3)nnc2c1. The van der Waals surface area contributed by atoms with E-state index in [1.165, 1.54) is 0 Å². The molecule has 3 rings (SSSR count). The van der Waals surface area contributed by atoms with Crippen LogP contribution in [0.2, 0.25) is 0 Å². The van der Waals surface area contributed by atoms with Crippen LogP contribution in [-0.4, -0.2) is 24.6 Å². The van der Waals surface area contributed by atoms with Gasteiger partial charge < -0.3 is 0 Å². The lowest BCUT2D eigenvalue weighted by Gasteiger charge is -1.96. The molecule has 0 aliphatic rings. The predicted octanol–water partition coefficient (Wildman–Crippen LogP) is 1.19. The molecule has 5 heteroatoms. The monoisotopic (exact) mass is 197 g/mol. The van der Waals surface area contributed by atoms with Crippen molar-refractivity contribution >= 4 is 5.65 Å². The molecule has 3 heterocycles. The molecule has 0 bridgehead atoms. The van der Waals surface area contributed by atoms with Crippen LogP contribution in [0.15, 0.2) is 43.0 Å². The summed E-state index contributed by atoms with van der Waals surface area (Å²) >= 11 is 0. The van der Waals surface area contributed by atoms with Gasteiger partial charge in [-0.1, -0.05) is 6.07 Å². The van der Waals surface area contributed by atoms with Crippen LogP contribution in [-0.2, 0) is 0 Å². The van der Waals surface area contributed by atoms with Gasteiger partial charge in [-0.25, -0.2) is 4.98 Å². The summed E-state index contributed by atoms with van der Waals surface area (Å²) in [6, 6.07) is 5.74. The molecule has 0 N–H and O–H groups in total. The van der Waals surface area contributed by atoms with Gasteiger partial charge in [0.05, 0.1) is 6.20 Å². The molecule has 5 nitrogen and oxygen atoms in total. The van der Waals surface area contributed by atoms with Crippen LogP contribution in [0.4, 0.5) is 0 Å². The second kappa shape index (κ2) is 3.13. The van der Waals surface area contributed by atoms with Crippen LogP contribution in [0.25, 0.3) is 17.2 Å². The molecule has 0 saturated heterocycles. The number of aromatic nitrogens is 5. The molecule has 3 aromatic heterocycles. The van der Waals surface area contributed by atoms with E-state index in [9.17, 15) is 0 Å². The summed E-state index contributed by atoms with van der Waals surface area (Å²) in [6.45, 7) is 0. The second-order valence-electron chi connectivity index (χ2n) is 3.04. The molecule has 0 aliphatic carbocycles. The fourth-order valence-corrected chi connectivity index (χ4v) is 1.43. The van der Waals surface area contributed by atoms with Gasteiger partial charge in [-0.05, 0) is 12.1 Å². The quantitative estimate of drug-likeness (QED) is 0.588. The van der Waals surface area contributed by atoms with E-state index in [-0.39, 0.29) is 0 Å². The molecule has 0 unspecified atom stereocenters. The average molecular weight is 197 g/mol. The zero-order valence-electron chi connectivity index (χ0n) is 7.78. The van der Waals surface area contributed by atoms with E-state index in [1.54, 1.807) is 18.6 Å². The standard InChI is InChI=1S/C10H7N5/c1-2-6-15-9(3-1)13-14-10(15)8-7-11-4-5-12-8/h1-7H. The predicted molar refractivity (Wildman–Crippen MR) is 54.0 cm³/mol. The fourth-order valence-electron chi connectivity index (χ4n) is 1.43. The topological polar surface area (TPSA) is 56.0 Å². The molecule has 0 fully saturated rings. The Balaban J connectivity index is 2.28. The third-order valence-electron chi connectivity index (χ3n) is 2.11. The van der Waals surface area contributed by atoms with E-state index >= 15 is 0 Å². The summed E-state index contributed by atoms with van der Waals surface area (Å²) in [6.07, 6.45) is 6.84. The minimum absolute atomic E-state index is 0.707. The van der Waals surface area contributed by atoms with E-state index in [0.29, 0.717) is 5.82 Å². The first-order chi connectivity index (χ1) is 7.45. The van der Waals surface area contributed by atoms with Crippen molar-refractivity contribution in [1.29, 1.82) is 0 Å². The molecule has 0 spiro atoms. The van der Waals surface area contributed by atoms with Crippen molar-refractivity contribution in [1.82, 2.24) is 24.6 Å². The van der Waals surface area contributed by atoms with Crippen LogP contribution in [0, 0.1) is 0 Å². The summed E-state index contributed by atoms with van der Waals surface area (Å²) in [5.74, 6) is 0.707. The van der Waals surface area contributed by atoms with E-state index in [0.717, 1.165) is 11.3 Å². The molecule has 0 aromatic carbocycles. The normalized spacial score (nSPS) is 10.7. The molecule has 0 atom stereocenters. The van der Waals surface area contributed by atoms with Crippen LogP contribution < -0.4 is 0 Å². The summed E-state index contributed by atoms with van der Waals surface area (Å²) in [4.78, 5) is 8.19. The summed E-state index contributed by atoms with van der Waals surface area (Å²) in [5.41, 5.74) is 1.52. The molecular formula is C10H7N5. The Morgan fingerprint density at radius 1 is 1.07 bits per heavy atom. The highest BCUT2D eigenvalue weighted by atomic mass is 15.2. The minimum atomic E-state index is 0.707. The molecular weight excluding hydrogens is 190 g/mol. The number of pyridine rings is 1. The Morgan fingerprint density at radius 2 is 2.07 bits per heavy atom. The Morgan fingerprint density at radius 3 is 2.93 bits per heavy atom. The van der Waals surface area contributed by atoms with Gasteiger partial charge in [0.2, 0.25) is 0 Å². The maximum Gasteiger partial charge on any atom is 0.188 e. The summed E-state index contributed by atoms with van der Waals surface area (Å²) in [7, 11) is 0. The van der Waals surface area contributed by atoms with Crippen molar-refractivity contribution in [3.8, 4) is 11.5 Å². The van der Waals surface area contributed by atoms with Crippen molar-refractivity contribution in [3.05, 3.63) is 43.0 Å². The molecule has 3 aromatic rings. The van der Waals surface area contributed by atoms with Gasteiger partial charge in [0, 0.05) is 18.6 Å². The lowest BCUT2D eigenvalue weighted by atomic mass is 10.4. The van der Waals surface area contributed by atoms with Gasteiger partial charge >= 0.3 is 0 Å². The Kier molecular flexibility index (Phi) is 1.68. The van der Waals surface area contributed by atoms with Gasteiger partial charge in [-0.2, -0.15) is 0 Å². The number of rotatable bonds is 1. The zero-order chi connectivity index (χ0) is 10.1. The minimum Gasteiger partial charge on any atom is -0.281 e. The number of fused-ring (bicyclic) bond motifs is 1. The number of hydrogen-bond acceptors (Lipinski definition) is 4. The van der Waals surface area contributed by atoms with Gasteiger partial charge in [0.1, 0.15) is 5.69 Å². The molecule has 72 valence electrons. The Hall–Kier alpha value is -2.30. The summed E-state index contributed by atoms with van der Waals surface area (Å²) < 4.78 is 1.88. The van der Waals surface area contributed by atoms with Crippen LogP contribution in [0.3, 0.4) is 0 Å². The summed E-state index contributed by atoms with van der Waals surface area (Å²) in [5, 5.41) is 8.12. The molecule has 0 aliphatic heterocycles. The highest BCUT2D eigenvalue weighted by molar-refractivity contribution is 5.53. The van der Waals surface area contributed by atoms with Crippen molar-refractivity contribution < 1.29 is 0 Å².